The van der Waals surface area contributed by atoms with Crippen LogP contribution >= 0.6 is 0 Å². The first-order chi connectivity index (χ1) is 12.2. The second kappa shape index (κ2) is 10.7. The second-order valence-electron chi connectivity index (χ2n) is 7.05. The van der Waals surface area contributed by atoms with Gasteiger partial charge in [-0.2, -0.15) is 0 Å². The molecule has 0 aromatic heterocycles. The van der Waals surface area contributed by atoms with Crippen molar-refractivity contribution in [1.29, 1.82) is 0 Å². The molecule has 2 aliphatic rings. The SMILES string of the molecule is CCCCCC#C[C@@H](O)[C@@H]1[C@H]([C@@H](O)C#CCCCCC)[C@H]2C=C[C@@H]1O2. The summed E-state index contributed by atoms with van der Waals surface area (Å²) in [6.45, 7) is 4.33. The number of unbranched alkanes of at least 4 members (excludes halogenated alkanes) is 6. The van der Waals surface area contributed by atoms with Crippen LogP contribution in [0.25, 0.3) is 0 Å². The van der Waals surface area contributed by atoms with E-state index >= 15 is 0 Å². The van der Waals surface area contributed by atoms with Gasteiger partial charge in [-0.25, -0.2) is 0 Å². The van der Waals surface area contributed by atoms with Gasteiger partial charge in [0.15, 0.2) is 0 Å². The van der Waals surface area contributed by atoms with Crippen molar-refractivity contribution in [3.05, 3.63) is 12.2 Å². The lowest BCUT2D eigenvalue weighted by Gasteiger charge is -2.28. The molecule has 3 nitrogen and oxygen atoms in total. The zero-order valence-electron chi connectivity index (χ0n) is 15.6. The first-order valence-electron chi connectivity index (χ1n) is 9.85. The van der Waals surface area contributed by atoms with Crippen LogP contribution in [0.4, 0.5) is 0 Å². The Labute approximate surface area is 152 Å². The maximum atomic E-state index is 10.5. The molecule has 2 heterocycles. The van der Waals surface area contributed by atoms with Crippen LogP contribution in [0.5, 0.6) is 0 Å². The Morgan fingerprint density at radius 1 is 0.800 bits per heavy atom. The van der Waals surface area contributed by atoms with Gasteiger partial charge in [0.05, 0.1) is 12.2 Å². The lowest BCUT2D eigenvalue weighted by molar-refractivity contribution is 0.0678. The smallest absolute Gasteiger partial charge is 0.120 e. The summed E-state index contributed by atoms with van der Waals surface area (Å²) in [4.78, 5) is 0. The molecule has 2 N–H and O–H groups in total. The summed E-state index contributed by atoms with van der Waals surface area (Å²) in [6, 6.07) is 0. The number of hydrogen-bond acceptors (Lipinski definition) is 3. The van der Waals surface area contributed by atoms with E-state index in [-0.39, 0.29) is 24.0 Å². The van der Waals surface area contributed by atoms with Crippen LogP contribution < -0.4 is 0 Å². The van der Waals surface area contributed by atoms with Gasteiger partial charge >= 0.3 is 0 Å². The number of aliphatic hydroxyl groups excluding tert-OH is 2. The molecule has 3 heteroatoms. The van der Waals surface area contributed by atoms with Crippen molar-refractivity contribution in [3.63, 3.8) is 0 Å². The van der Waals surface area contributed by atoms with Gasteiger partial charge in [0.25, 0.3) is 0 Å². The molecule has 0 aromatic carbocycles. The molecule has 0 saturated carbocycles. The second-order valence-corrected chi connectivity index (χ2v) is 7.05. The predicted molar refractivity (Wildman–Crippen MR) is 101 cm³/mol. The van der Waals surface area contributed by atoms with Crippen molar-refractivity contribution in [2.45, 2.75) is 89.6 Å². The van der Waals surface area contributed by atoms with Crippen molar-refractivity contribution < 1.29 is 14.9 Å². The lowest BCUT2D eigenvalue weighted by atomic mass is 9.76. The van der Waals surface area contributed by atoms with E-state index in [1.165, 1.54) is 25.7 Å². The minimum Gasteiger partial charge on any atom is -0.380 e. The minimum absolute atomic E-state index is 0.161. The Morgan fingerprint density at radius 2 is 1.24 bits per heavy atom. The number of ether oxygens (including phenoxy) is 1. The monoisotopic (exact) mass is 344 g/mol. The van der Waals surface area contributed by atoms with Crippen molar-refractivity contribution in [2.24, 2.45) is 11.8 Å². The molecular formula is C22H32O3. The van der Waals surface area contributed by atoms with Gasteiger partial charge < -0.3 is 14.9 Å². The largest absolute Gasteiger partial charge is 0.380 e. The van der Waals surface area contributed by atoms with E-state index < -0.39 is 12.2 Å². The van der Waals surface area contributed by atoms with E-state index in [0.29, 0.717) is 0 Å². The van der Waals surface area contributed by atoms with Crippen molar-refractivity contribution in [1.82, 2.24) is 0 Å². The zero-order chi connectivity index (χ0) is 18.1. The van der Waals surface area contributed by atoms with E-state index in [0.717, 1.165) is 25.7 Å². The number of rotatable bonds is 8. The van der Waals surface area contributed by atoms with Gasteiger partial charge in [-0.15, -0.1) is 11.8 Å². The Bertz CT molecular complexity index is 497. The van der Waals surface area contributed by atoms with Crippen LogP contribution in [0.3, 0.4) is 0 Å². The summed E-state index contributed by atoms with van der Waals surface area (Å²) < 4.78 is 5.86. The lowest BCUT2D eigenvalue weighted by Crippen LogP contribution is -2.39. The first kappa shape index (κ1) is 20.1. The summed E-state index contributed by atoms with van der Waals surface area (Å²) in [7, 11) is 0. The molecule has 0 amide bonds. The molecule has 2 bridgehead atoms. The highest BCUT2D eigenvalue weighted by atomic mass is 16.5. The fraction of sp³-hybridized carbons (Fsp3) is 0.727. The third kappa shape index (κ3) is 5.61. The minimum atomic E-state index is -0.775. The number of hydrogen-bond donors (Lipinski definition) is 2. The van der Waals surface area contributed by atoms with E-state index in [4.69, 9.17) is 4.74 Å². The molecule has 2 aliphatic heterocycles. The quantitative estimate of drug-likeness (QED) is 0.403. The Hall–Kier alpha value is -1.26. The molecule has 138 valence electrons. The third-order valence-corrected chi connectivity index (χ3v) is 5.05. The van der Waals surface area contributed by atoms with Gasteiger partial charge in [-0.05, 0) is 12.8 Å². The molecule has 0 radical (unpaired) electrons. The normalized spacial score (nSPS) is 28.8. The van der Waals surface area contributed by atoms with Crippen LogP contribution in [0.1, 0.15) is 65.2 Å². The molecule has 25 heavy (non-hydrogen) atoms. The predicted octanol–water partition coefficient (Wildman–Crippen LogP) is 3.45. The average Bonchev–Trinajstić information content (AvgIpc) is 3.22. The van der Waals surface area contributed by atoms with E-state index in [9.17, 15) is 10.2 Å². The van der Waals surface area contributed by atoms with Gasteiger partial charge in [0.2, 0.25) is 0 Å². The van der Waals surface area contributed by atoms with Gasteiger partial charge in [0, 0.05) is 24.7 Å². The highest BCUT2D eigenvalue weighted by Gasteiger charge is 2.51. The molecular weight excluding hydrogens is 312 g/mol. The Balaban J connectivity index is 1.95. The van der Waals surface area contributed by atoms with Gasteiger partial charge in [-0.1, -0.05) is 63.5 Å². The fourth-order valence-corrected chi connectivity index (χ4v) is 3.62. The molecule has 1 fully saturated rings. The number of fused-ring (bicyclic) bond motifs is 2. The zero-order valence-corrected chi connectivity index (χ0v) is 15.6. The molecule has 2 rings (SSSR count). The van der Waals surface area contributed by atoms with E-state index in [2.05, 4.69) is 37.5 Å². The molecule has 0 unspecified atom stereocenters. The Morgan fingerprint density at radius 3 is 1.64 bits per heavy atom. The molecule has 6 atom stereocenters. The summed E-state index contributed by atoms with van der Waals surface area (Å²) in [5.74, 6) is 11.7. The fourth-order valence-electron chi connectivity index (χ4n) is 3.62. The molecule has 0 spiro atoms. The van der Waals surface area contributed by atoms with E-state index in [1.807, 2.05) is 12.2 Å². The number of aliphatic hydroxyl groups is 2. The van der Waals surface area contributed by atoms with Crippen molar-refractivity contribution in [3.8, 4) is 23.7 Å². The maximum absolute atomic E-state index is 10.5. The average molecular weight is 344 g/mol. The van der Waals surface area contributed by atoms with Crippen molar-refractivity contribution >= 4 is 0 Å². The van der Waals surface area contributed by atoms with Crippen molar-refractivity contribution in [2.75, 3.05) is 0 Å². The highest BCUT2D eigenvalue weighted by Crippen LogP contribution is 2.42. The standard InChI is InChI=1S/C22H32O3/c1-3-5-7-9-11-13-17(23)21-19-15-16-20(25-19)22(21)18(24)14-12-10-8-6-4-2/h15-24H,3-10H2,1-2H3/t17-,18+,19+,20-,21+,22-. The Kier molecular flexibility index (Phi) is 8.56. The first-order valence-corrected chi connectivity index (χ1v) is 9.85. The summed E-state index contributed by atoms with van der Waals surface area (Å²) >= 11 is 0. The summed E-state index contributed by atoms with van der Waals surface area (Å²) in [5.41, 5.74) is 0. The van der Waals surface area contributed by atoms with Crippen LogP contribution in [-0.2, 0) is 4.74 Å². The van der Waals surface area contributed by atoms with Gasteiger partial charge in [-0.3, -0.25) is 0 Å². The van der Waals surface area contributed by atoms with Crippen LogP contribution in [0, 0.1) is 35.5 Å². The van der Waals surface area contributed by atoms with Crippen LogP contribution in [-0.4, -0.2) is 34.6 Å². The van der Waals surface area contributed by atoms with Gasteiger partial charge in [0.1, 0.15) is 12.2 Å². The molecule has 0 aromatic rings. The van der Waals surface area contributed by atoms with Crippen LogP contribution in [0.15, 0.2) is 12.2 Å². The van der Waals surface area contributed by atoms with E-state index in [1.54, 1.807) is 0 Å². The molecule has 1 saturated heterocycles. The summed E-state index contributed by atoms with van der Waals surface area (Å²) in [5, 5.41) is 21.1. The third-order valence-electron chi connectivity index (χ3n) is 5.05. The molecule has 0 aliphatic carbocycles. The topological polar surface area (TPSA) is 49.7 Å². The van der Waals surface area contributed by atoms with Crippen LogP contribution in [0.2, 0.25) is 0 Å². The maximum Gasteiger partial charge on any atom is 0.120 e. The summed E-state index contributed by atoms with van der Waals surface area (Å²) in [6.07, 6.45) is 10.5. The highest BCUT2D eigenvalue weighted by molar-refractivity contribution is 5.24.